The van der Waals surface area contributed by atoms with Crippen LogP contribution in [0.4, 0.5) is 0 Å². The van der Waals surface area contributed by atoms with Crippen molar-refractivity contribution < 1.29 is 9.90 Å². The van der Waals surface area contributed by atoms with E-state index in [2.05, 4.69) is 15.3 Å². The van der Waals surface area contributed by atoms with Crippen molar-refractivity contribution in [2.24, 2.45) is 4.99 Å². The Morgan fingerprint density at radius 2 is 2.00 bits per heavy atom. The number of aliphatic hydroxyl groups excluding tert-OH is 1. The summed E-state index contributed by atoms with van der Waals surface area (Å²) in [5.74, 6) is -0.185. The number of fused-ring (bicyclic) bond motifs is 1. The van der Waals surface area contributed by atoms with Gasteiger partial charge in [-0.15, -0.1) is 0 Å². The second kappa shape index (κ2) is 7.73. The smallest absolute Gasteiger partial charge is 0.264 e. The molecule has 6 heteroatoms. The number of benzene rings is 2. The molecule has 2 aromatic carbocycles. The van der Waals surface area contributed by atoms with E-state index in [1.807, 2.05) is 66.7 Å². The molecule has 1 aliphatic rings. The summed E-state index contributed by atoms with van der Waals surface area (Å²) in [6.45, 7) is -0.124. The zero-order valence-corrected chi connectivity index (χ0v) is 15.2. The molecule has 1 saturated heterocycles. The molecule has 1 amide bonds. The van der Waals surface area contributed by atoms with Gasteiger partial charge in [0.05, 0.1) is 17.0 Å². The van der Waals surface area contributed by atoms with Gasteiger partial charge in [0, 0.05) is 11.6 Å². The van der Waals surface area contributed by atoms with Gasteiger partial charge >= 0.3 is 0 Å². The molecule has 4 rings (SSSR count). The van der Waals surface area contributed by atoms with E-state index >= 15 is 0 Å². The van der Waals surface area contributed by atoms with Crippen molar-refractivity contribution in [3.05, 3.63) is 82.9 Å². The van der Waals surface area contributed by atoms with Crippen molar-refractivity contribution in [1.29, 1.82) is 0 Å². The first-order valence-corrected chi connectivity index (χ1v) is 9.34. The van der Waals surface area contributed by atoms with Crippen LogP contribution in [-0.4, -0.2) is 27.8 Å². The van der Waals surface area contributed by atoms with Gasteiger partial charge in [-0.25, -0.2) is 0 Å². The molecule has 0 saturated carbocycles. The molecule has 1 aromatic heterocycles. The maximum Gasteiger partial charge on any atom is 0.264 e. The quantitative estimate of drug-likeness (QED) is 0.684. The van der Waals surface area contributed by atoms with E-state index in [1.54, 1.807) is 6.20 Å². The highest BCUT2D eigenvalue weighted by atomic mass is 32.2. The van der Waals surface area contributed by atoms with Crippen molar-refractivity contribution in [3.8, 4) is 0 Å². The topological polar surface area (TPSA) is 74.6 Å². The average Bonchev–Trinajstić information content (AvgIpc) is 3.05. The third kappa shape index (κ3) is 3.92. The predicted octanol–water partition coefficient (Wildman–Crippen LogP) is 3.53. The van der Waals surface area contributed by atoms with Crippen molar-refractivity contribution >= 4 is 39.8 Å². The second-order valence-corrected chi connectivity index (χ2v) is 7.09. The van der Waals surface area contributed by atoms with Gasteiger partial charge in [0.15, 0.2) is 5.17 Å². The molecule has 2 N–H and O–H groups in total. The third-order valence-corrected chi connectivity index (χ3v) is 5.13. The minimum absolute atomic E-state index is 0.124. The van der Waals surface area contributed by atoms with Gasteiger partial charge in [0.25, 0.3) is 5.91 Å². The minimum Gasteiger partial charge on any atom is -0.394 e. The number of carbonyl (C=O) groups is 1. The highest BCUT2D eigenvalue weighted by molar-refractivity contribution is 8.18. The van der Waals surface area contributed by atoms with Gasteiger partial charge in [0.1, 0.15) is 6.04 Å². The Morgan fingerprint density at radius 3 is 2.81 bits per heavy atom. The molecule has 0 radical (unpaired) electrons. The molecule has 27 heavy (non-hydrogen) atoms. The van der Waals surface area contributed by atoms with Crippen LogP contribution >= 0.6 is 11.8 Å². The minimum atomic E-state index is -0.403. The molecule has 5 nitrogen and oxygen atoms in total. The summed E-state index contributed by atoms with van der Waals surface area (Å²) in [4.78, 5) is 21.7. The van der Waals surface area contributed by atoms with Gasteiger partial charge in [-0.1, -0.05) is 42.5 Å². The summed E-state index contributed by atoms with van der Waals surface area (Å²) < 4.78 is 0. The number of carbonyl (C=O) groups excluding carboxylic acids is 1. The standard InChI is InChI=1S/C21H17N3O2S/c25-13-18(15-5-2-1-3-6-15)23-21-24-20(26)19(27-21)12-14-8-9-17-16(11-14)7-4-10-22-17/h1-12,18,25H,13H2,(H,23,24,26)/b19-12-/t18-/m1/s1. The number of aliphatic imine (C=N–C) groups is 1. The molecule has 134 valence electrons. The molecule has 2 heterocycles. The molecule has 3 aromatic rings. The fourth-order valence-corrected chi connectivity index (χ4v) is 3.73. The molecule has 0 aliphatic carbocycles. The van der Waals surface area contributed by atoms with Crippen molar-refractivity contribution in [2.75, 3.05) is 6.61 Å². The Balaban J connectivity index is 1.58. The molecule has 1 atom stereocenters. The lowest BCUT2D eigenvalue weighted by atomic mass is 10.1. The highest BCUT2D eigenvalue weighted by Gasteiger charge is 2.25. The van der Waals surface area contributed by atoms with E-state index in [-0.39, 0.29) is 12.5 Å². The zero-order valence-electron chi connectivity index (χ0n) is 14.4. The summed E-state index contributed by atoms with van der Waals surface area (Å²) in [6.07, 6.45) is 3.60. The first-order valence-electron chi connectivity index (χ1n) is 8.52. The Morgan fingerprint density at radius 1 is 1.15 bits per heavy atom. The van der Waals surface area contributed by atoms with Crippen LogP contribution in [0.25, 0.3) is 17.0 Å². The number of pyridine rings is 1. The number of nitrogens with one attached hydrogen (secondary N) is 1. The van der Waals surface area contributed by atoms with Gasteiger partial charge in [-0.05, 0) is 47.2 Å². The summed E-state index contributed by atoms with van der Waals surface area (Å²) in [7, 11) is 0. The molecule has 0 spiro atoms. The Labute approximate surface area is 160 Å². The van der Waals surface area contributed by atoms with Crippen LogP contribution in [0.15, 0.2) is 76.8 Å². The fourth-order valence-electron chi connectivity index (χ4n) is 2.86. The third-order valence-electron chi connectivity index (χ3n) is 4.21. The lowest BCUT2D eigenvalue weighted by Gasteiger charge is -2.10. The molecular weight excluding hydrogens is 358 g/mol. The SMILES string of the molecule is O=C1NC(=N[C@H](CO)c2ccccc2)S/C1=C\c1ccc2ncccc2c1. The van der Waals surface area contributed by atoms with Gasteiger partial charge in [0.2, 0.25) is 0 Å². The van der Waals surface area contributed by atoms with Gasteiger partial charge < -0.3 is 10.4 Å². The molecule has 1 aliphatic heterocycles. The summed E-state index contributed by atoms with van der Waals surface area (Å²) in [5, 5.41) is 14.0. The summed E-state index contributed by atoms with van der Waals surface area (Å²) in [5.41, 5.74) is 2.75. The first-order chi connectivity index (χ1) is 13.2. The highest BCUT2D eigenvalue weighted by Crippen LogP contribution is 2.29. The van der Waals surface area contributed by atoms with Crippen molar-refractivity contribution in [3.63, 3.8) is 0 Å². The van der Waals surface area contributed by atoms with Crippen LogP contribution in [0.2, 0.25) is 0 Å². The lowest BCUT2D eigenvalue weighted by Crippen LogP contribution is -2.21. The van der Waals surface area contributed by atoms with E-state index < -0.39 is 6.04 Å². The predicted molar refractivity (Wildman–Crippen MR) is 109 cm³/mol. The number of thioether (sulfide) groups is 1. The number of amidine groups is 1. The Kier molecular flexibility index (Phi) is 5.00. The zero-order chi connectivity index (χ0) is 18.6. The lowest BCUT2D eigenvalue weighted by molar-refractivity contribution is -0.115. The van der Waals surface area contributed by atoms with E-state index in [0.29, 0.717) is 10.1 Å². The van der Waals surface area contributed by atoms with Crippen LogP contribution < -0.4 is 5.32 Å². The molecule has 0 bridgehead atoms. The van der Waals surface area contributed by atoms with Crippen LogP contribution in [0.3, 0.4) is 0 Å². The fraction of sp³-hybridized carbons (Fsp3) is 0.0952. The van der Waals surface area contributed by atoms with Crippen LogP contribution in [0.1, 0.15) is 17.2 Å². The van der Waals surface area contributed by atoms with Crippen LogP contribution in [0.5, 0.6) is 0 Å². The van der Waals surface area contributed by atoms with E-state index in [4.69, 9.17) is 0 Å². The number of aliphatic hydroxyl groups is 1. The summed E-state index contributed by atoms with van der Waals surface area (Å²) >= 11 is 1.28. The number of hydrogen-bond donors (Lipinski definition) is 2. The average molecular weight is 375 g/mol. The summed E-state index contributed by atoms with van der Waals surface area (Å²) in [6, 6.07) is 18.9. The second-order valence-electron chi connectivity index (χ2n) is 6.06. The van der Waals surface area contributed by atoms with Crippen LogP contribution in [0, 0.1) is 0 Å². The molecular formula is C21H17N3O2S. The van der Waals surface area contributed by atoms with Gasteiger partial charge in [-0.3, -0.25) is 14.8 Å². The van der Waals surface area contributed by atoms with Gasteiger partial charge in [-0.2, -0.15) is 0 Å². The largest absolute Gasteiger partial charge is 0.394 e. The van der Waals surface area contributed by atoms with Crippen molar-refractivity contribution in [2.45, 2.75) is 6.04 Å². The van der Waals surface area contributed by atoms with Crippen LogP contribution in [-0.2, 0) is 4.79 Å². The van der Waals surface area contributed by atoms with E-state index in [1.165, 1.54) is 11.8 Å². The van der Waals surface area contributed by atoms with E-state index in [9.17, 15) is 9.90 Å². The van der Waals surface area contributed by atoms with Crippen molar-refractivity contribution in [1.82, 2.24) is 10.3 Å². The number of amides is 1. The maximum absolute atomic E-state index is 12.3. The number of hydrogen-bond acceptors (Lipinski definition) is 5. The Bertz CT molecular complexity index is 1050. The molecule has 1 fully saturated rings. The number of nitrogens with zero attached hydrogens (tertiary/aromatic N) is 2. The Hall–Kier alpha value is -2.96. The molecule has 0 unspecified atom stereocenters. The maximum atomic E-state index is 12.3. The monoisotopic (exact) mass is 375 g/mol. The normalized spacial score (nSPS) is 18.2. The number of aromatic nitrogens is 1. The van der Waals surface area contributed by atoms with E-state index in [0.717, 1.165) is 22.0 Å². The number of rotatable bonds is 4. The first kappa shape index (κ1) is 17.5.